The molecule has 6 heteroatoms. The van der Waals surface area contributed by atoms with Crippen molar-refractivity contribution in [3.63, 3.8) is 0 Å². The van der Waals surface area contributed by atoms with Crippen molar-refractivity contribution >= 4 is 17.3 Å². The Morgan fingerprint density at radius 3 is 1.96 bits per heavy atom. The van der Waals surface area contributed by atoms with Crippen LogP contribution in [0.15, 0.2) is 48.5 Å². The first kappa shape index (κ1) is 17.2. The molecule has 2 nitrogen and oxygen atoms in total. The van der Waals surface area contributed by atoms with Gasteiger partial charge in [0.05, 0.1) is 12.2 Å². The van der Waals surface area contributed by atoms with E-state index in [-0.39, 0.29) is 0 Å². The monoisotopic (exact) mass is 339 g/mol. The fourth-order valence-corrected chi connectivity index (χ4v) is 2.22. The summed E-state index contributed by atoms with van der Waals surface area (Å²) in [5, 5.41) is 13.1. The van der Waals surface area contributed by atoms with Gasteiger partial charge in [0.2, 0.25) is 0 Å². The summed E-state index contributed by atoms with van der Waals surface area (Å²) in [4.78, 5) is 0. The van der Waals surface area contributed by atoms with Crippen LogP contribution in [0.3, 0.4) is 0 Å². The number of hydrogen-bond acceptors (Lipinski definition) is 2. The second kappa shape index (κ2) is 6.53. The number of terminal acetylenes is 1. The SMILES string of the molecule is C#C[C@@](CO)(Nc1ccc(C(F)(F)F)cc1)c1ccc(Cl)cc1. The van der Waals surface area contributed by atoms with E-state index < -0.39 is 23.9 Å². The van der Waals surface area contributed by atoms with Crippen molar-refractivity contribution in [2.24, 2.45) is 0 Å². The minimum Gasteiger partial charge on any atom is -0.393 e. The Hall–Kier alpha value is -2.16. The van der Waals surface area contributed by atoms with Gasteiger partial charge in [-0.1, -0.05) is 29.7 Å². The lowest BCUT2D eigenvalue weighted by atomic mass is 9.91. The maximum atomic E-state index is 12.6. The standard InChI is InChI=1S/C17H13ClF3NO/c1-2-16(11-23,12-3-7-14(18)8-4-12)22-15-9-5-13(6-10-15)17(19,20)21/h1,3-10,22-23H,11H2/t16-/m0/s1. The zero-order valence-corrected chi connectivity index (χ0v) is 12.6. The number of anilines is 1. The van der Waals surface area contributed by atoms with Crippen molar-refractivity contribution in [1.29, 1.82) is 0 Å². The lowest BCUT2D eigenvalue weighted by Crippen LogP contribution is -2.37. The largest absolute Gasteiger partial charge is 0.416 e. The van der Waals surface area contributed by atoms with E-state index in [0.29, 0.717) is 16.3 Å². The van der Waals surface area contributed by atoms with Gasteiger partial charge in [0, 0.05) is 10.7 Å². The molecule has 0 heterocycles. The molecule has 0 spiro atoms. The summed E-state index contributed by atoms with van der Waals surface area (Å²) in [5.41, 5.74) is -1.08. The van der Waals surface area contributed by atoms with Crippen LogP contribution in [-0.2, 0) is 11.7 Å². The summed E-state index contributed by atoms with van der Waals surface area (Å²) < 4.78 is 37.8. The maximum Gasteiger partial charge on any atom is 0.416 e. The van der Waals surface area contributed by atoms with Crippen molar-refractivity contribution in [3.05, 3.63) is 64.7 Å². The molecule has 2 rings (SSSR count). The molecule has 2 aromatic carbocycles. The van der Waals surface area contributed by atoms with Gasteiger partial charge in [0.25, 0.3) is 0 Å². The minimum absolute atomic E-state index is 0.361. The first-order valence-corrected chi connectivity index (χ1v) is 6.99. The van der Waals surface area contributed by atoms with E-state index >= 15 is 0 Å². The summed E-state index contributed by atoms with van der Waals surface area (Å²) >= 11 is 5.83. The third-order valence-electron chi connectivity index (χ3n) is 3.39. The van der Waals surface area contributed by atoms with Crippen LogP contribution in [0.1, 0.15) is 11.1 Å². The third-order valence-corrected chi connectivity index (χ3v) is 3.64. The zero-order valence-electron chi connectivity index (χ0n) is 11.9. The summed E-state index contributed by atoms with van der Waals surface area (Å²) in [5.74, 6) is 2.47. The Morgan fingerprint density at radius 2 is 1.52 bits per heavy atom. The van der Waals surface area contributed by atoms with E-state index in [1.165, 1.54) is 12.1 Å². The van der Waals surface area contributed by atoms with Crippen molar-refractivity contribution in [1.82, 2.24) is 0 Å². The van der Waals surface area contributed by atoms with Crippen LogP contribution in [0, 0.1) is 12.3 Å². The number of aliphatic hydroxyl groups is 1. The predicted molar refractivity (Wildman–Crippen MR) is 84.1 cm³/mol. The Morgan fingerprint density at radius 1 is 1.00 bits per heavy atom. The highest BCUT2D eigenvalue weighted by molar-refractivity contribution is 6.30. The van der Waals surface area contributed by atoms with Crippen LogP contribution in [0.2, 0.25) is 5.02 Å². The van der Waals surface area contributed by atoms with Gasteiger partial charge in [-0.3, -0.25) is 0 Å². The Labute approximate surface area is 136 Å². The van der Waals surface area contributed by atoms with Crippen LogP contribution in [0.25, 0.3) is 0 Å². The molecule has 0 amide bonds. The second-order valence-corrected chi connectivity index (χ2v) is 5.35. The lowest BCUT2D eigenvalue weighted by molar-refractivity contribution is -0.137. The van der Waals surface area contributed by atoms with Gasteiger partial charge >= 0.3 is 6.18 Å². The molecule has 120 valence electrons. The zero-order chi connectivity index (χ0) is 17.1. The number of hydrogen-bond donors (Lipinski definition) is 2. The number of aliphatic hydroxyl groups excluding tert-OH is 1. The summed E-state index contributed by atoms with van der Waals surface area (Å²) in [6.45, 7) is -0.438. The second-order valence-electron chi connectivity index (χ2n) is 4.91. The molecule has 1 atom stereocenters. The van der Waals surface area contributed by atoms with Crippen LogP contribution >= 0.6 is 11.6 Å². The molecule has 2 aromatic rings. The lowest BCUT2D eigenvalue weighted by Gasteiger charge is -2.29. The molecule has 0 aromatic heterocycles. The number of alkyl halides is 3. The highest BCUT2D eigenvalue weighted by atomic mass is 35.5. The van der Waals surface area contributed by atoms with Gasteiger partial charge in [-0.05, 0) is 42.0 Å². The number of benzene rings is 2. The molecule has 0 aliphatic heterocycles. The van der Waals surface area contributed by atoms with Crippen molar-refractivity contribution in [2.75, 3.05) is 11.9 Å². The highest BCUT2D eigenvalue weighted by Crippen LogP contribution is 2.32. The predicted octanol–water partition coefficient (Wildman–Crippen LogP) is 4.29. The van der Waals surface area contributed by atoms with Crippen LogP contribution in [0.5, 0.6) is 0 Å². The fourth-order valence-electron chi connectivity index (χ4n) is 2.09. The maximum absolute atomic E-state index is 12.6. The van der Waals surface area contributed by atoms with E-state index in [4.69, 9.17) is 18.0 Å². The first-order valence-electron chi connectivity index (χ1n) is 6.61. The van der Waals surface area contributed by atoms with Gasteiger partial charge in [-0.15, -0.1) is 6.42 Å². The summed E-state index contributed by atoms with van der Waals surface area (Å²) in [7, 11) is 0. The topological polar surface area (TPSA) is 32.3 Å². The average Bonchev–Trinajstić information content (AvgIpc) is 2.53. The van der Waals surface area contributed by atoms with Crippen molar-refractivity contribution in [3.8, 4) is 12.3 Å². The molecule has 23 heavy (non-hydrogen) atoms. The van der Waals surface area contributed by atoms with Crippen LogP contribution in [-0.4, -0.2) is 11.7 Å². The van der Waals surface area contributed by atoms with Crippen LogP contribution < -0.4 is 5.32 Å². The Bertz CT molecular complexity index is 705. The molecule has 0 saturated carbocycles. The van der Waals surface area contributed by atoms with E-state index in [1.54, 1.807) is 24.3 Å². The molecule has 0 unspecified atom stereocenters. The average molecular weight is 340 g/mol. The summed E-state index contributed by atoms with van der Waals surface area (Å²) in [6, 6.07) is 11.0. The number of nitrogens with one attached hydrogen (secondary N) is 1. The molecule has 0 bridgehead atoms. The number of halogens is 4. The molecule has 0 fully saturated rings. The molecular formula is C17H13ClF3NO. The summed E-state index contributed by atoms with van der Waals surface area (Å²) in [6.07, 6.45) is 1.14. The first-order chi connectivity index (χ1) is 10.8. The molecule has 2 N–H and O–H groups in total. The Balaban J connectivity index is 2.33. The van der Waals surface area contributed by atoms with E-state index in [0.717, 1.165) is 12.1 Å². The van der Waals surface area contributed by atoms with Gasteiger partial charge in [-0.25, -0.2) is 0 Å². The fraction of sp³-hybridized carbons (Fsp3) is 0.176. The van der Waals surface area contributed by atoms with Gasteiger partial charge in [0.1, 0.15) is 5.54 Å². The van der Waals surface area contributed by atoms with Crippen LogP contribution in [0.4, 0.5) is 18.9 Å². The van der Waals surface area contributed by atoms with Crippen molar-refractivity contribution < 1.29 is 18.3 Å². The van der Waals surface area contributed by atoms with E-state index in [1.807, 2.05) is 0 Å². The molecular weight excluding hydrogens is 327 g/mol. The van der Waals surface area contributed by atoms with E-state index in [2.05, 4.69) is 11.2 Å². The van der Waals surface area contributed by atoms with Gasteiger partial charge < -0.3 is 10.4 Å². The molecule has 0 aliphatic carbocycles. The van der Waals surface area contributed by atoms with E-state index in [9.17, 15) is 18.3 Å². The smallest absolute Gasteiger partial charge is 0.393 e. The van der Waals surface area contributed by atoms with Gasteiger partial charge in [-0.2, -0.15) is 13.2 Å². The normalized spacial score (nSPS) is 13.9. The third kappa shape index (κ3) is 3.79. The number of rotatable bonds is 4. The molecule has 0 radical (unpaired) electrons. The molecule has 0 aliphatic rings. The quantitative estimate of drug-likeness (QED) is 0.814. The van der Waals surface area contributed by atoms with Gasteiger partial charge in [0.15, 0.2) is 0 Å². The van der Waals surface area contributed by atoms with Crippen molar-refractivity contribution in [2.45, 2.75) is 11.7 Å². The molecule has 0 saturated heterocycles. The Kier molecular flexibility index (Phi) is 4.88. The highest BCUT2D eigenvalue weighted by Gasteiger charge is 2.32. The minimum atomic E-state index is -4.41.